The van der Waals surface area contributed by atoms with Gasteiger partial charge in [0.05, 0.1) is 17.8 Å². The molecule has 0 unspecified atom stereocenters. The molecule has 7 nitrogen and oxygen atoms in total. The van der Waals surface area contributed by atoms with Gasteiger partial charge in [-0.15, -0.1) is 0 Å². The van der Waals surface area contributed by atoms with Crippen LogP contribution >= 0.6 is 12.2 Å². The number of para-hydroxylation sites is 1. The number of benzene rings is 1. The van der Waals surface area contributed by atoms with Crippen molar-refractivity contribution >= 4 is 28.9 Å². The molecule has 1 fully saturated rings. The predicted molar refractivity (Wildman–Crippen MR) is 154 cm³/mol. The van der Waals surface area contributed by atoms with E-state index in [1.54, 1.807) is 12.4 Å². The maximum atomic E-state index is 13.0. The lowest BCUT2D eigenvalue weighted by Crippen LogP contribution is -2.33. The van der Waals surface area contributed by atoms with Gasteiger partial charge in [-0.2, -0.15) is 0 Å². The second-order valence-corrected chi connectivity index (χ2v) is 9.87. The minimum absolute atomic E-state index is 0.0345. The van der Waals surface area contributed by atoms with Gasteiger partial charge in [0.2, 0.25) is 5.91 Å². The fourth-order valence-electron chi connectivity index (χ4n) is 5.30. The van der Waals surface area contributed by atoms with Crippen LogP contribution in [-0.4, -0.2) is 37.0 Å². The molecule has 0 aliphatic carbocycles. The van der Waals surface area contributed by atoms with Gasteiger partial charge < -0.3 is 20.1 Å². The van der Waals surface area contributed by atoms with Crippen LogP contribution in [-0.2, 0) is 11.2 Å². The normalized spacial score (nSPS) is 16.9. The summed E-state index contributed by atoms with van der Waals surface area (Å²) in [6, 6.07) is 21.7. The Hall–Kier alpha value is -4.04. The van der Waals surface area contributed by atoms with Gasteiger partial charge in [0.15, 0.2) is 5.11 Å². The molecule has 2 atom stereocenters. The minimum atomic E-state index is -0.148. The van der Waals surface area contributed by atoms with Crippen molar-refractivity contribution in [1.29, 1.82) is 0 Å². The van der Waals surface area contributed by atoms with Crippen LogP contribution in [0.15, 0.2) is 79.1 Å². The molecule has 1 aromatic carbocycles. The Labute approximate surface area is 228 Å². The van der Waals surface area contributed by atoms with Gasteiger partial charge in [0.1, 0.15) is 5.82 Å². The summed E-state index contributed by atoms with van der Waals surface area (Å²) in [5.41, 5.74) is 6.20. The number of hydrogen-bond acceptors (Lipinski definition) is 4. The standard InChI is InChI=1S/C30H32N6OS/c1-4-22-11-5-6-12-24(22)33-27(37)15-18-35-29(28(34-30(35)38)25-13-7-9-16-31-25)23-19-20(2)36(21(23)3)26-14-8-10-17-32-26/h5-14,16-17,19,28-29H,4,15,18H2,1-3H3,(H,33,37)(H,34,38)/t28-,29-/m0/s1. The summed E-state index contributed by atoms with van der Waals surface area (Å²) in [4.78, 5) is 24.4. The molecule has 38 heavy (non-hydrogen) atoms. The van der Waals surface area contributed by atoms with Crippen molar-refractivity contribution in [3.05, 3.63) is 107 Å². The Morgan fingerprint density at radius 2 is 1.76 bits per heavy atom. The van der Waals surface area contributed by atoms with Gasteiger partial charge in [0.25, 0.3) is 0 Å². The van der Waals surface area contributed by atoms with Crippen molar-refractivity contribution in [2.75, 3.05) is 11.9 Å². The number of hydrogen-bond donors (Lipinski definition) is 2. The van der Waals surface area contributed by atoms with E-state index in [0.717, 1.165) is 46.1 Å². The molecule has 0 saturated carbocycles. The van der Waals surface area contributed by atoms with Crippen LogP contribution in [0, 0.1) is 13.8 Å². The summed E-state index contributed by atoms with van der Waals surface area (Å²) < 4.78 is 2.17. The third-order valence-corrected chi connectivity index (χ3v) is 7.47. The van der Waals surface area contributed by atoms with Crippen molar-refractivity contribution in [3.63, 3.8) is 0 Å². The fraction of sp³-hybridized carbons (Fsp3) is 0.267. The lowest BCUT2D eigenvalue weighted by molar-refractivity contribution is -0.116. The molecule has 0 spiro atoms. The molecule has 1 aliphatic heterocycles. The topological polar surface area (TPSA) is 75.1 Å². The van der Waals surface area contributed by atoms with Gasteiger partial charge in [-0.3, -0.25) is 9.78 Å². The van der Waals surface area contributed by atoms with Gasteiger partial charge >= 0.3 is 0 Å². The number of carbonyl (C=O) groups is 1. The molecule has 5 rings (SSSR count). The smallest absolute Gasteiger partial charge is 0.226 e. The molecule has 4 aromatic rings. The van der Waals surface area contributed by atoms with Crippen LogP contribution in [0.25, 0.3) is 5.82 Å². The monoisotopic (exact) mass is 524 g/mol. The molecule has 0 radical (unpaired) electrons. The molecular weight excluding hydrogens is 492 g/mol. The lowest BCUT2D eigenvalue weighted by atomic mass is 9.96. The molecular formula is C30H32N6OS. The van der Waals surface area contributed by atoms with Gasteiger partial charge in [-0.05, 0) is 80.0 Å². The van der Waals surface area contributed by atoms with Crippen LogP contribution in [0.4, 0.5) is 5.69 Å². The first kappa shape index (κ1) is 25.6. The molecule has 8 heteroatoms. The first-order valence-electron chi connectivity index (χ1n) is 12.9. The number of nitrogens with zero attached hydrogens (tertiary/aromatic N) is 4. The Morgan fingerprint density at radius 1 is 1.03 bits per heavy atom. The molecule has 1 amide bonds. The second-order valence-electron chi connectivity index (χ2n) is 9.48. The number of nitrogens with one attached hydrogen (secondary N) is 2. The number of amides is 1. The van der Waals surface area contributed by atoms with Gasteiger partial charge in [-0.1, -0.05) is 37.3 Å². The van der Waals surface area contributed by atoms with E-state index in [-0.39, 0.29) is 18.0 Å². The van der Waals surface area contributed by atoms with Crippen molar-refractivity contribution in [1.82, 2.24) is 24.8 Å². The molecule has 1 saturated heterocycles. The minimum Gasteiger partial charge on any atom is -0.352 e. The van der Waals surface area contributed by atoms with Crippen LogP contribution in [0.5, 0.6) is 0 Å². The van der Waals surface area contributed by atoms with Gasteiger partial charge in [-0.25, -0.2) is 4.98 Å². The van der Waals surface area contributed by atoms with E-state index in [1.165, 1.54) is 0 Å². The molecule has 3 aromatic heterocycles. The maximum Gasteiger partial charge on any atom is 0.226 e. The zero-order chi connectivity index (χ0) is 26.6. The highest BCUT2D eigenvalue weighted by Gasteiger charge is 2.41. The van der Waals surface area contributed by atoms with E-state index in [2.05, 4.69) is 56.9 Å². The predicted octanol–water partition coefficient (Wildman–Crippen LogP) is 5.45. The number of aryl methyl sites for hydroxylation is 2. The first-order valence-corrected chi connectivity index (χ1v) is 13.3. The Kier molecular flexibility index (Phi) is 7.51. The van der Waals surface area contributed by atoms with Crippen LogP contribution in [0.2, 0.25) is 0 Å². The number of thiocarbonyl (C=S) groups is 1. The molecule has 0 bridgehead atoms. The quantitative estimate of drug-likeness (QED) is 0.299. The number of aromatic nitrogens is 3. The Bertz CT molecular complexity index is 1440. The third-order valence-electron chi connectivity index (χ3n) is 7.12. The zero-order valence-electron chi connectivity index (χ0n) is 21.9. The van der Waals surface area contributed by atoms with Gasteiger partial charge in [0, 0.05) is 42.4 Å². The van der Waals surface area contributed by atoms with E-state index in [4.69, 9.17) is 12.2 Å². The average Bonchev–Trinajstić information content (AvgIpc) is 3.42. The Balaban J connectivity index is 1.45. The van der Waals surface area contributed by atoms with E-state index in [1.807, 2.05) is 60.7 Å². The van der Waals surface area contributed by atoms with E-state index >= 15 is 0 Å². The number of pyridine rings is 2. The lowest BCUT2D eigenvalue weighted by Gasteiger charge is -2.28. The first-order chi connectivity index (χ1) is 18.5. The summed E-state index contributed by atoms with van der Waals surface area (Å²) in [5, 5.41) is 7.20. The molecule has 1 aliphatic rings. The number of rotatable bonds is 8. The van der Waals surface area contributed by atoms with Crippen LogP contribution < -0.4 is 10.6 Å². The van der Waals surface area contributed by atoms with Crippen molar-refractivity contribution in [2.45, 2.75) is 45.7 Å². The highest BCUT2D eigenvalue weighted by atomic mass is 32.1. The zero-order valence-corrected chi connectivity index (χ0v) is 22.7. The largest absolute Gasteiger partial charge is 0.352 e. The number of anilines is 1. The molecule has 2 N–H and O–H groups in total. The number of carbonyl (C=O) groups excluding carboxylic acids is 1. The molecule has 194 valence electrons. The van der Waals surface area contributed by atoms with E-state index in [0.29, 0.717) is 18.1 Å². The van der Waals surface area contributed by atoms with Crippen LogP contribution in [0.3, 0.4) is 0 Å². The second kappa shape index (κ2) is 11.1. The van der Waals surface area contributed by atoms with E-state index < -0.39 is 0 Å². The summed E-state index contributed by atoms with van der Waals surface area (Å²) >= 11 is 5.83. The average molecular weight is 525 g/mol. The van der Waals surface area contributed by atoms with Crippen molar-refractivity contribution in [3.8, 4) is 5.82 Å². The Morgan fingerprint density at radius 3 is 2.47 bits per heavy atom. The third kappa shape index (κ3) is 5.04. The maximum absolute atomic E-state index is 13.0. The highest BCUT2D eigenvalue weighted by molar-refractivity contribution is 7.80. The molecule has 4 heterocycles. The highest BCUT2D eigenvalue weighted by Crippen LogP contribution is 2.41. The summed E-state index contributed by atoms with van der Waals surface area (Å²) in [6.07, 6.45) is 4.77. The fourth-order valence-corrected chi connectivity index (χ4v) is 5.63. The summed E-state index contributed by atoms with van der Waals surface area (Å²) in [6.45, 7) is 6.77. The SMILES string of the molecule is CCc1ccccc1NC(=O)CCN1C(=S)N[C@@H](c2ccccn2)[C@@H]1c1cc(C)n(-c2ccccn2)c1C. The van der Waals surface area contributed by atoms with Crippen molar-refractivity contribution < 1.29 is 4.79 Å². The summed E-state index contributed by atoms with van der Waals surface area (Å²) in [5.74, 6) is 0.838. The van der Waals surface area contributed by atoms with E-state index in [9.17, 15) is 4.79 Å². The van der Waals surface area contributed by atoms with Crippen molar-refractivity contribution in [2.24, 2.45) is 0 Å². The summed E-state index contributed by atoms with van der Waals surface area (Å²) in [7, 11) is 0. The van der Waals surface area contributed by atoms with Crippen LogP contribution in [0.1, 0.15) is 53.6 Å².